The number of rotatable bonds is 6. The lowest BCUT2D eigenvalue weighted by molar-refractivity contribution is -0.120. The van der Waals surface area contributed by atoms with Gasteiger partial charge in [0.05, 0.1) is 23.5 Å². The Kier molecular flexibility index (Phi) is 5.25. The number of benzene rings is 1. The van der Waals surface area contributed by atoms with Gasteiger partial charge in [-0.15, -0.1) is 11.3 Å². The number of H-pyrrole nitrogens is 1. The highest BCUT2D eigenvalue weighted by atomic mass is 32.1. The van der Waals surface area contributed by atoms with E-state index in [-0.39, 0.29) is 23.9 Å². The molecule has 3 rings (SSSR count). The standard InChI is InChI=1S/C18H20N4O2S/c1-22(2)15(16-8-5-9-25-16)11-19-17(23)10-14-12-6-3-4-7-13(12)18(24)21-20-14/h3-9,15H,10-11H2,1-2H3,(H,19,23)(H,21,24). The fraction of sp³-hybridized carbons (Fsp3) is 0.278. The molecule has 1 atom stereocenters. The van der Waals surface area contributed by atoms with Crippen molar-refractivity contribution < 1.29 is 4.79 Å². The Hall–Kier alpha value is -2.51. The molecule has 3 aromatic rings. The summed E-state index contributed by atoms with van der Waals surface area (Å²) in [7, 11) is 3.99. The summed E-state index contributed by atoms with van der Waals surface area (Å²) in [5.41, 5.74) is 0.329. The molecule has 0 bridgehead atoms. The molecular weight excluding hydrogens is 336 g/mol. The first-order chi connectivity index (χ1) is 12.1. The molecular formula is C18H20N4O2S. The maximum atomic E-state index is 12.4. The molecule has 0 spiro atoms. The van der Waals surface area contributed by atoms with Crippen LogP contribution in [0.25, 0.3) is 10.8 Å². The third kappa shape index (κ3) is 3.94. The molecule has 1 amide bonds. The van der Waals surface area contributed by atoms with Crippen LogP contribution < -0.4 is 10.9 Å². The van der Waals surface area contributed by atoms with Gasteiger partial charge in [0.1, 0.15) is 0 Å². The number of fused-ring (bicyclic) bond motifs is 1. The number of hydrogen-bond acceptors (Lipinski definition) is 5. The van der Waals surface area contributed by atoms with Crippen molar-refractivity contribution in [2.75, 3.05) is 20.6 Å². The Bertz CT molecular complexity index is 918. The maximum Gasteiger partial charge on any atom is 0.272 e. The third-order valence-electron chi connectivity index (χ3n) is 4.09. The van der Waals surface area contributed by atoms with Gasteiger partial charge >= 0.3 is 0 Å². The highest BCUT2D eigenvalue weighted by Gasteiger charge is 2.17. The van der Waals surface area contributed by atoms with Gasteiger partial charge in [-0.05, 0) is 31.6 Å². The zero-order chi connectivity index (χ0) is 17.8. The summed E-state index contributed by atoms with van der Waals surface area (Å²) in [6.07, 6.45) is 0.127. The van der Waals surface area contributed by atoms with E-state index in [9.17, 15) is 9.59 Å². The number of amides is 1. The van der Waals surface area contributed by atoms with Crippen LogP contribution in [-0.2, 0) is 11.2 Å². The molecule has 7 heteroatoms. The second kappa shape index (κ2) is 7.58. The number of aromatic amines is 1. The Labute approximate surface area is 149 Å². The SMILES string of the molecule is CN(C)C(CNC(=O)Cc1n[nH]c(=O)c2ccccc12)c1cccs1. The molecule has 2 N–H and O–H groups in total. The molecule has 0 aliphatic carbocycles. The molecule has 0 saturated carbocycles. The Morgan fingerprint density at radius 1 is 1.24 bits per heavy atom. The lowest BCUT2D eigenvalue weighted by Crippen LogP contribution is -2.35. The molecule has 130 valence electrons. The first-order valence-electron chi connectivity index (χ1n) is 7.99. The quantitative estimate of drug-likeness (QED) is 0.708. The predicted molar refractivity (Wildman–Crippen MR) is 99.8 cm³/mol. The van der Waals surface area contributed by atoms with Gasteiger partial charge in [0.2, 0.25) is 5.91 Å². The van der Waals surface area contributed by atoms with Crippen LogP contribution in [0.1, 0.15) is 16.6 Å². The van der Waals surface area contributed by atoms with E-state index in [1.807, 2.05) is 37.7 Å². The van der Waals surface area contributed by atoms with Crippen molar-refractivity contribution in [3.05, 3.63) is 62.7 Å². The summed E-state index contributed by atoms with van der Waals surface area (Å²) < 4.78 is 0. The molecule has 6 nitrogen and oxygen atoms in total. The maximum absolute atomic E-state index is 12.4. The molecule has 0 aliphatic rings. The first-order valence-corrected chi connectivity index (χ1v) is 8.87. The van der Waals surface area contributed by atoms with E-state index < -0.39 is 0 Å². The van der Waals surface area contributed by atoms with Crippen molar-refractivity contribution in [1.82, 2.24) is 20.4 Å². The lowest BCUT2D eigenvalue weighted by atomic mass is 10.1. The zero-order valence-electron chi connectivity index (χ0n) is 14.2. The monoisotopic (exact) mass is 356 g/mol. The van der Waals surface area contributed by atoms with Crippen LogP contribution in [0.2, 0.25) is 0 Å². The molecule has 0 saturated heterocycles. The first kappa shape index (κ1) is 17.3. The van der Waals surface area contributed by atoms with Crippen molar-refractivity contribution in [2.45, 2.75) is 12.5 Å². The number of hydrogen-bond donors (Lipinski definition) is 2. The number of likely N-dealkylation sites (N-methyl/N-ethyl adjacent to an activating group) is 1. The molecule has 0 radical (unpaired) electrons. The van der Waals surface area contributed by atoms with Crippen molar-refractivity contribution in [3.8, 4) is 0 Å². The summed E-state index contributed by atoms with van der Waals surface area (Å²) in [6, 6.07) is 11.4. The van der Waals surface area contributed by atoms with Crippen LogP contribution in [0, 0.1) is 0 Å². The average molecular weight is 356 g/mol. The van der Waals surface area contributed by atoms with Crippen LogP contribution in [0.3, 0.4) is 0 Å². The molecule has 25 heavy (non-hydrogen) atoms. The Balaban J connectivity index is 1.71. The van der Waals surface area contributed by atoms with Crippen molar-refractivity contribution in [2.24, 2.45) is 0 Å². The smallest absolute Gasteiger partial charge is 0.272 e. The number of nitrogens with zero attached hydrogens (tertiary/aromatic N) is 2. The average Bonchev–Trinajstić information content (AvgIpc) is 3.12. The van der Waals surface area contributed by atoms with E-state index in [1.54, 1.807) is 23.5 Å². The summed E-state index contributed by atoms with van der Waals surface area (Å²) in [5, 5.41) is 12.8. The van der Waals surface area contributed by atoms with Gasteiger partial charge in [-0.1, -0.05) is 24.3 Å². The van der Waals surface area contributed by atoms with Gasteiger partial charge in [0.25, 0.3) is 5.56 Å². The van der Waals surface area contributed by atoms with Crippen molar-refractivity contribution in [3.63, 3.8) is 0 Å². The van der Waals surface area contributed by atoms with Crippen LogP contribution in [0.5, 0.6) is 0 Å². The summed E-state index contributed by atoms with van der Waals surface area (Å²) in [6.45, 7) is 0.521. The molecule has 2 aromatic heterocycles. The van der Waals surface area contributed by atoms with Gasteiger partial charge in [-0.25, -0.2) is 5.10 Å². The third-order valence-corrected chi connectivity index (χ3v) is 5.06. The fourth-order valence-corrected chi connectivity index (χ4v) is 3.67. The molecule has 0 aliphatic heterocycles. The fourth-order valence-electron chi connectivity index (χ4n) is 2.75. The number of aromatic nitrogens is 2. The largest absolute Gasteiger partial charge is 0.354 e. The van der Waals surface area contributed by atoms with Crippen molar-refractivity contribution >= 4 is 28.0 Å². The minimum absolute atomic E-state index is 0.117. The predicted octanol–water partition coefficient (Wildman–Crippen LogP) is 1.95. The van der Waals surface area contributed by atoms with E-state index >= 15 is 0 Å². The molecule has 2 heterocycles. The zero-order valence-corrected chi connectivity index (χ0v) is 15.0. The van der Waals surface area contributed by atoms with E-state index in [2.05, 4.69) is 26.5 Å². The summed E-state index contributed by atoms with van der Waals surface area (Å²) in [4.78, 5) is 27.5. The van der Waals surface area contributed by atoms with Gasteiger partial charge < -0.3 is 10.2 Å². The Morgan fingerprint density at radius 3 is 2.68 bits per heavy atom. The van der Waals surface area contributed by atoms with Crippen LogP contribution >= 0.6 is 11.3 Å². The van der Waals surface area contributed by atoms with Crippen LogP contribution in [0.15, 0.2) is 46.6 Å². The van der Waals surface area contributed by atoms with E-state index in [1.165, 1.54) is 4.88 Å². The lowest BCUT2D eigenvalue weighted by Gasteiger charge is -2.23. The number of carbonyl (C=O) groups is 1. The van der Waals surface area contributed by atoms with Gasteiger partial charge in [-0.3, -0.25) is 9.59 Å². The number of thiophene rings is 1. The van der Waals surface area contributed by atoms with E-state index in [4.69, 9.17) is 0 Å². The van der Waals surface area contributed by atoms with Gasteiger partial charge in [0, 0.05) is 16.8 Å². The van der Waals surface area contributed by atoms with Gasteiger partial charge in [0.15, 0.2) is 0 Å². The minimum Gasteiger partial charge on any atom is -0.354 e. The highest BCUT2D eigenvalue weighted by Crippen LogP contribution is 2.22. The molecule has 1 unspecified atom stereocenters. The summed E-state index contributed by atoms with van der Waals surface area (Å²) in [5.74, 6) is -0.117. The number of carbonyl (C=O) groups excluding carboxylic acids is 1. The minimum atomic E-state index is -0.245. The van der Waals surface area contributed by atoms with Crippen molar-refractivity contribution in [1.29, 1.82) is 0 Å². The normalized spacial score (nSPS) is 12.4. The second-order valence-electron chi connectivity index (χ2n) is 6.02. The molecule has 1 aromatic carbocycles. The van der Waals surface area contributed by atoms with E-state index in [0.717, 1.165) is 0 Å². The van der Waals surface area contributed by atoms with Crippen LogP contribution in [0.4, 0.5) is 0 Å². The van der Waals surface area contributed by atoms with Crippen LogP contribution in [-0.4, -0.2) is 41.6 Å². The Morgan fingerprint density at radius 2 is 2.00 bits per heavy atom. The van der Waals surface area contributed by atoms with Gasteiger partial charge in [-0.2, -0.15) is 5.10 Å². The second-order valence-corrected chi connectivity index (χ2v) is 7.00. The topological polar surface area (TPSA) is 78.1 Å². The number of nitrogens with one attached hydrogen (secondary N) is 2. The van der Waals surface area contributed by atoms with E-state index in [0.29, 0.717) is 23.0 Å². The highest BCUT2D eigenvalue weighted by molar-refractivity contribution is 7.10. The summed E-state index contributed by atoms with van der Waals surface area (Å²) >= 11 is 1.67. The molecule has 0 fully saturated rings.